The molecular formula is C12H22N2O2. The van der Waals surface area contributed by atoms with E-state index in [1.165, 1.54) is 0 Å². The Morgan fingerprint density at radius 2 is 1.12 bits per heavy atom. The van der Waals surface area contributed by atoms with E-state index < -0.39 is 0 Å². The highest BCUT2D eigenvalue weighted by molar-refractivity contribution is 5.78. The molecule has 1 saturated heterocycles. The molecule has 0 unspecified atom stereocenters. The van der Waals surface area contributed by atoms with Gasteiger partial charge in [0.2, 0.25) is 11.8 Å². The molecule has 0 atom stereocenters. The predicted molar refractivity (Wildman–Crippen MR) is 63.0 cm³/mol. The molecule has 2 amide bonds. The molecule has 16 heavy (non-hydrogen) atoms. The van der Waals surface area contributed by atoms with E-state index in [2.05, 4.69) is 0 Å². The Morgan fingerprint density at radius 3 is 1.38 bits per heavy atom. The van der Waals surface area contributed by atoms with Gasteiger partial charge in [-0.1, -0.05) is 13.8 Å². The number of carbonyl (C=O) groups excluding carboxylic acids is 2. The van der Waals surface area contributed by atoms with Crippen molar-refractivity contribution in [3.05, 3.63) is 0 Å². The van der Waals surface area contributed by atoms with Crippen molar-refractivity contribution in [2.45, 2.75) is 39.5 Å². The molecule has 92 valence electrons. The third-order valence-electron chi connectivity index (χ3n) is 2.91. The summed E-state index contributed by atoms with van der Waals surface area (Å²) in [6.45, 7) is 6.84. The Balaban J connectivity index is 2.33. The highest BCUT2D eigenvalue weighted by Crippen LogP contribution is 2.07. The fourth-order valence-corrected chi connectivity index (χ4v) is 1.95. The fraction of sp³-hybridized carbons (Fsp3) is 0.833. The summed E-state index contributed by atoms with van der Waals surface area (Å²) < 4.78 is 0. The minimum atomic E-state index is 0.227. The second-order valence-corrected chi connectivity index (χ2v) is 4.26. The molecule has 0 saturated carbocycles. The van der Waals surface area contributed by atoms with Crippen LogP contribution in [0.15, 0.2) is 0 Å². The predicted octanol–water partition coefficient (Wildman–Crippen LogP) is 1.26. The molecule has 1 aliphatic rings. The van der Waals surface area contributed by atoms with Crippen LogP contribution in [0.25, 0.3) is 0 Å². The van der Waals surface area contributed by atoms with Gasteiger partial charge in [-0.2, -0.15) is 0 Å². The third kappa shape index (κ3) is 3.51. The maximum absolute atomic E-state index is 11.6. The second kappa shape index (κ2) is 6.51. The van der Waals surface area contributed by atoms with Crippen LogP contribution in [0.2, 0.25) is 0 Å². The smallest absolute Gasteiger partial charge is 0.222 e. The molecule has 1 rings (SSSR count). The summed E-state index contributed by atoms with van der Waals surface area (Å²) in [7, 11) is 0. The van der Waals surface area contributed by atoms with Crippen LogP contribution >= 0.6 is 0 Å². The van der Waals surface area contributed by atoms with E-state index in [1.807, 2.05) is 23.6 Å². The van der Waals surface area contributed by atoms with Crippen molar-refractivity contribution in [3.63, 3.8) is 0 Å². The number of hydrogen-bond donors (Lipinski definition) is 0. The molecule has 4 heteroatoms. The van der Waals surface area contributed by atoms with Crippen LogP contribution in [0.4, 0.5) is 0 Å². The van der Waals surface area contributed by atoms with Gasteiger partial charge in [0.15, 0.2) is 0 Å². The van der Waals surface area contributed by atoms with Gasteiger partial charge in [0, 0.05) is 39.0 Å². The van der Waals surface area contributed by atoms with Crippen LogP contribution in [0.1, 0.15) is 39.5 Å². The minimum Gasteiger partial charge on any atom is -0.339 e. The number of piperazine rings is 1. The van der Waals surface area contributed by atoms with Crippen LogP contribution in [0.5, 0.6) is 0 Å². The molecule has 1 aliphatic heterocycles. The van der Waals surface area contributed by atoms with Crippen LogP contribution in [0, 0.1) is 0 Å². The first-order valence-corrected chi connectivity index (χ1v) is 6.24. The normalized spacial score (nSPS) is 16.4. The average Bonchev–Trinajstić information content (AvgIpc) is 2.30. The summed E-state index contributed by atoms with van der Waals surface area (Å²) in [5, 5.41) is 0. The minimum absolute atomic E-state index is 0.227. The van der Waals surface area contributed by atoms with Gasteiger partial charge in [0.1, 0.15) is 0 Å². The van der Waals surface area contributed by atoms with Crippen molar-refractivity contribution in [2.75, 3.05) is 26.2 Å². The molecule has 0 spiro atoms. The van der Waals surface area contributed by atoms with E-state index in [-0.39, 0.29) is 11.8 Å². The van der Waals surface area contributed by atoms with Crippen molar-refractivity contribution in [3.8, 4) is 0 Å². The zero-order chi connectivity index (χ0) is 12.0. The number of carbonyl (C=O) groups is 2. The number of rotatable bonds is 4. The molecule has 1 fully saturated rings. The van der Waals surface area contributed by atoms with Gasteiger partial charge in [-0.3, -0.25) is 9.59 Å². The van der Waals surface area contributed by atoms with Gasteiger partial charge >= 0.3 is 0 Å². The molecule has 0 aromatic heterocycles. The number of amides is 2. The summed E-state index contributed by atoms with van der Waals surface area (Å²) >= 11 is 0. The first kappa shape index (κ1) is 13.0. The Labute approximate surface area is 97.6 Å². The van der Waals surface area contributed by atoms with Gasteiger partial charge in [-0.25, -0.2) is 0 Å². The Bertz CT molecular complexity index is 219. The lowest BCUT2D eigenvalue weighted by molar-refractivity contribution is -0.139. The molecule has 0 bridgehead atoms. The van der Waals surface area contributed by atoms with Crippen LogP contribution in [0.3, 0.4) is 0 Å². The standard InChI is InChI=1S/C12H22N2O2/c1-3-5-11(15)13-7-9-14(10-8-13)12(16)6-4-2/h3-10H2,1-2H3. The zero-order valence-electron chi connectivity index (χ0n) is 10.4. The number of nitrogens with zero attached hydrogens (tertiary/aromatic N) is 2. The summed E-state index contributed by atoms with van der Waals surface area (Å²) in [5.74, 6) is 0.454. The molecule has 0 radical (unpaired) electrons. The monoisotopic (exact) mass is 226 g/mol. The Kier molecular flexibility index (Phi) is 5.29. The summed E-state index contributed by atoms with van der Waals surface area (Å²) in [6, 6.07) is 0. The lowest BCUT2D eigenvalue weighted by Crippen LogP contribution is -2.50. The van der Waals surface area contributed by atoms with Crippen molar-refractivity contribution in [2.24, 2.45) is 0 Å². The SMILES string of the molecule is CCCC(=O)N1CCN(C(=O)CCC)CC1. The molecule has 0 aromatic carbocycles. The first-order valence-electron chi connectivity index (χ1n) is 6.24. The van der Waals surface area contributed by atoms with Gasteiger partial charge in [0.05, 0.1) is 0 Å². The van der Waals surface area contributed by atoms with Crippen LogP contribution < -0.4 is 0 Å². The molecule has 0 aromatic rings. The van der Waals surface area contributed by atoms with E-state index in [9.17, 15) is 9.59 Å². The summed E-state index contributed by atoms with van der Waals surface area (Å²) in [4.78, 5) is 27.0. The van der Waals surface area contributed by atoms with Gasteiger partial charge in [-0.15, -0.1) is 0 Å². The Morgan fingerprint density at radius 1 is 0.812 bits per heavy atom. The Hall–Kier alpha value is -1.06. The maximum atomic E-state index is 11.6. The van der Waals surface area contributed by atoms with E-state index >= 15 is 0 Å². The van der Waals surface area contributed by atoms with Gasteiger partial charge in [0.25, 0.3) is 0 Å². The van der Waals surface area contributed by atoms with E-state index in [0.717, 1.165) is 12.8 Å². The highest BCUT2D eigenvalue weighted by Gasteiger charge is 2.22. The third-order valence-corrected chi connectivity index (χ3v) is 2.91. The zero-order valence-corrected chi connectivity index (χ0v) is 10.4. The summed E-state index contributed by atoms with van der Waals surface area (Å²) in [6.07, 6.45) is 3.05. The lowest BCUT2D eigenvalue weighted by Gasteiger charge is -2.34. The van der Waals surface area contributed by atoms with E-state index in [1.54, 1.807) is 0 Å². The largest absolute Gasteiger partial charge is 0.339 e. The van der Waals surface area contributed by atoms with Crippen LogP contribution in [-0.2, 0) is 9.59 Å². The van der Waals surface area contributed by atoms with Crippen molar-refractivity contribution in [1.29, 1.82) is 0 Å². The van der Waals surface area contributed by atoms with E-state index in [4.69, 9.17) is 0 Å². The van der Waals surface area contributed by atoms with Crippen molar-refractivity contribution >= 4 is 11.8 Å². The summed E-state index contributed by atoms with van der Waals surface area (Å²) in [5.41, 5.74) is 0. The van der Waals surface area contributed by atoms with Gasteiger partial charge < -0.3 is 9.80 Å². The van der Waals surface area contributed by atoms with Crippen molar-refractivity contribution < 1.29 is 9.59 Å². The average molecular weight is 226 g/mol. The maximum Gasteiger partial charge on any atom is 0.222 e. The molecule has 0 aliphatic carbocycles. The second-order valence-electron chi connectivity index (χ2n) is 4.26. The quantitative estimate of drug-likeness (QED) is 0.724. The highest BCUT2D eigenvalue weighted by atomic mass is 16.2. The fourth-order valence-electron chi connectivity index (χ4n) is 1.95. The first-order chi connectivity index (χ1) is 7.69. The lowest BCUT2D eigenvalue weighted by atomic mass is 10.2. The molecule has 4 nitrogen and oxygen atoms in total. The van der Waals surface area contributed by atoms with E-state index in [0.29, 0.717) is 39.0 Å². The van der Waals surface area contributed by atoms with Crippen LogP contribution in [-0.4, -0.2) is 47.8 Å². The molecular weight excluding hydrogens is 204 g/mol. The topological polar surface area (TPSA) is 40.6 Å². The number of hydrogen-bond acceptors (Lipinski definition) is 2. The molecule has 0 N–H and O–H groups in total. The van der Waals surface area contributed by atoms with Crippen molar-refractivity contribution in [1.82, 2.24) is 9.80 Å². The molecule has 1 heterocycles. The van der Waals surface area contributed by atoms with Gasteiger partial charge in [-0.05, 0) is 12.8 Å².